The van der Waals surface area contributed by atoms with Crippen LogP contribution in [0.15, 0.2) is 18.2 Å². The van der Waals surface area contributed by atoms with Crippen LogP contribution in [0.4, 0.5) is 4.39 Å². The number of rotatable bonds is 5. The molecule has 1 atom stereocenters. The van der Waals surface area contributed by atoms with Crippen molar-refractivity contribution in [3.05, 3.63) is 29.6 Å². The Labute approximate surface area is 119 Å². The zero-order chi connectivity index (χ0) is 14.5. The molecule has 1 aromatic carbocycles. The number of carbonyl (C=O) groups is 1. The van der Waals surface area contributed by atoms with Crippen LogP contribution in [0.1, 0.15) is 43.0 Å². The maximum atomic E-state index is 13.8. The van der Waals surface area contributed by atoms with Gasteiger partial charge in [0.1, 0.15) is 11.6 Å². The van der Waals surface area contributed by atoms with Crippen LogP contribution < -0.4 is 4.74 Å². The molecule has 110 valence electrons. The fourth-order valence-corrected chi connectivity index (χ4v) is 2.81. The predicted molar refractivity (Wildman–Crippen MR) is 76.8 cm³/mol. The van der Waals surface area contributed by atoms with E-state index in [2.05, 4.69) is 11.8 Å². The Morgan fingerprint density at radius 1 is 1.45 bits per heavy atom. The third-order valence-corrected chi connectivity index (χ3v) is 4.04. The highest BCUT2D eigenvalue weighted by atomic mass is 19.1. The van der Waals surface area contributed by atoms with Gasteiger partial charge in [0, 0.05) is 19.0 Å². The van der Waals surface area contributed by atoms with E-state index in [9.17, 15) is 9.18 Å². The Balaban J connectivity index is 2.01. The third kappa shape index (κ3) is 3.37. The van der Waals surface area contributed by atoms with E-state index in [1.165, 1.54) is 32.4 Å². The van der Waals surface area contributed by atoms with Crippen molar-refractivity contribution in [2.45, 2.75) is 38.6 Å². The highest BCUT2D eigenvalue weighted by Gasteiger charge is 2.21. The van der Waals surface area contributed by atoms with Gasteiger partial charge in [0.25, 0.3) is 0 Å². The summed E-state index contributed by atoms with van der Waals surface area (Å²) < 4.78 is 18.9. The minimum Gasteiger partial charge on any atom is -0.496 e. The van der Waals surface area contributed by atoms with Crippen LogP contribution in [0.5, 0.6) is 5.75 Å². The molecule has 1 fully saturated rings. The molecule has 0 N–H and O–H groups in total. The Morgan fingerprint density at radius 3 is 2.95 bits per heavy atom. The number of ketones is 1. The van der Waals surface area contributed by atoms with Crippen LogP contribution in [0.25, 0.3) is 0 Å². The average molecular weight is 279 g/mol. The summed E-state index contributed by atoms with van der Waals surface area (Å²) in [6.07, 6.45) is 3.95. The first kappa shape index (κ1) is 15.0. The van der Waals surface area contributed by atoms with Gasteiger partial charge in [-0.25, -0.2) is 4.39 Å². The van der Waals surface area contributed by atoms with Crippen molar-refractivity contribution >= 4 is 5.78 Å². The second-order valence-corrected chi connectivity index (χ2v) is 5.37. The second kappa shape index (κ2) is 6.84. The number of ether oxygens (including phenoxy) is 1. The van der Waals surface area contributed by atoms with Crippen LogP contribution >= 0.6 is 0 Å². The van der Waals surface area contributed by atoms with Gasteiger partial charge in [0.15, 0.2) is 5.78 Å². The van der Waals surface area contributed by atoms with Gasteiger partial charge < -0.3 is 9.64 Å². The molecule has 20 heavy (non-hydrogen) atoms. The number of Topliss-reactive ketones (excluding diaryl/α,β-unsaturated/α-hetero) is 1. The number of hydrogen-bond acceptors (Lipinski definition) is 3. The minimum atomic E-state index is -0.499. The molecule has 0 aromatic heterocycles. The first-order valence-electron chi connectivity index (χ1n) is 7.23. The number of piperidine rings is 1. The van der Waals surface area contributed by atoms with Crippen LogP contribution in [0.2, 0.25) is 0 Å². The van der Waals surface area contributed by atoms with Crippen LogP contribution in [-0.2, 0) is 0 Å². The number of likely N-dealkylation sites (tertiary alicyclic amines) is 1. The molecule has 0 spiro atoms. The summed E-state index contributed by atoms with van der Waals surface area (Å²) in [5.41, 5.74) is 0.0830. The van der Waals surface area contributed by atoms with Gasteiger partial charge in [-0.3, -0.25) is 4.79 Å². The average Bonchev–Trinajstić information content (AvgIpc) is 2.45. The minimum absolute atomic E-state index is 0.0830. The van der Waals surface area contributed by atoms with Crippen molar-refractivity contribution < 1.29 is 13.9 Å². The first-order chi connectivity index (χ1) is 9.63. The van der Waals surface area contributed by atoms with Crippen molar-refractivity contribution in [2.24, 2.45) is 0 Å². The molecule has 2 rings (SSSR count). The molecular weight excluding hydrogens is 257 g/mol. The van der Waals surface area contributed by atoms with Gasteiger partial charge in [0.2, 0.25) is 0 Å². The second-order valence-electron chi connectivity index (χ2n) is 5.37. The summed E-state index contributed by atoms with van der Waals surface area (Å²) in [5.74, 6) is -0.361. The quantitative estimate of drug-likeness (QED) is 0.775. The lowest BCUT2D eigenvalue weighted by Gasteiger charge is -2.33. The van der Waals surface area contributed by atoms with Gasteiger partial charge >= 0.3 is 0 Å². The maximum absolute atomic E-state index is 13.8. The SMILES string of the molecule is COc1cccc(F)c1C(=O)CCN1CCCCC1C. The molecule has 3 nitrogen and oxygen atoms in total. The van der Waals surface area contributed by atoms with E-state index >= 15 is 0 Å². The van der Waals surface area contributed by atoms with E-state index in [0.717, 1.165) is 6.54 Å². The van der Waals surface area contributed by atoms with Crippen molar-refractivity contribution in [3.63, 3.8) is 0 Å². The number of benzene rings is 1. The lowest BCUT2D eigenvalue weighted by atomic mass is 10.0. The van der Waals surface area contributed by atoms with Gasteiger partial charge in [-0.15, -0.1) is 0 Å². The van der Waals surface area contributed by atoms with Gasteiger partial charge in [-0.05, 0) is 38.4 Å². The van der Waals surface area contributed by atoms with E-state index in [-0.39, 0.29) is 11.3 Å². The van der Waals surface area contributed by atoms with Gasteiger partial charge in [-0.2, -0.15) is 0 Å². The van der Waals surface area contributed by atoms with E-state index < -0.39 is 5.82 Å². The molecule has 1 aromatic rings. The molecule has 0 amide bonds. The number of carbonyl (C=O) groups excluding carboxylic acids is 1. The molecule has 4 heteroatoms. The molecule has 1 heterocycles. The van der Waals surface area contributed by atoms with Crippen LogP contribution in [-0.4, -0.2) is 36.9 Å². The summed E-state index contributed by atoms with van der Waals surface area (Å²) in [4.78, 5) is 14.6. The zero-order valence-corrected chi connectivity index (χ0v) is 12.2. The lowest BCUT2D eigenvalue weighted by Crippen LogP contribution is -2.38. The summed E-state index contributed by atoms with van der Waals surface area (Å²) >= 11 is 0. The molecule has 1 aliphatic rings. The Morgan fingerprint density at radius 2 is 2.25 bits per heavy atom. The van der Waals surface area contributed by atoms with E-state index in [0.29, 0.717) is 24.8 Å². The van der Waals surface area contributed by atoms with Crippen molar-refractivity contribution in [1.82, 2.24) is 4.90 Å². The molecule has 1 saturated heterocycles. The smallest absolute Gasteiger partial charge is 0.170 e. The Bertz CT molecular complexity index is 476. The van der Waals surface area contributed by atoms with Crippen molar-refractivity contribution in [1.29, 1.82) is 0 Å². The summed E-state index contributed by atoms with van der Waals surface area (Å²) in [5, 5.41) is 0. The number of hydrogen-bond donors (Lipinski definition) is 0. The summed E-state index contributed by atoms with van der Waals surface area (Å²) in [6, 6.07) is 5.00. The van der Waals surface area contributed by atoms with Gasteiger partial charge in [-0.1, -0.05) is 12.5 Å². The van der Waals surface area contributed by atoms with E-state index in [4.69, 9.17) is 4.74 Å². The number of methoxy groups -OCH3 is 1. The Hall–Kier alpha value is -1.42. The zero-order valence-electron chi connectivity index (χ0n) is 12.2. The standard InChI is InChI=1S/C16H22FNO2/c1-12-6-3-4-10-18(12)11-9-14(19)16-13(17)7-5-8-15(16)20-2/h5,7-8,12H,3-4,6,9-11H2,1-2H3. The Kier molecular flexibility index (Phi) is 5.12. The van der Waals surface area contributed by atoms with Crippen molar-refractivity contribution in [2.75, 3.05) is 20.2 Å². The number of halogens is 1. The number of nitrogens with zero attached hydrogens (tertiary/aromatic N) is 1. The molecule has 0 saturated carbocycles. The molecular formula is C16H22FNO2. The summed E-state index contributed by atoms with van der Waals surface area (Å²) in [6.45, 7) is 3.91. The van der Waals surface area contributed by atoms with Crippen LogP contribution in [0, 0.1) is 5.82 Å². The highest BCUT2D eigenvalue weighted by Crippen LogP contribution is 2.23. The third-order valence-electron chi connectivity index (χ3n) is 4.04. The van der Waals surface area contributed by atoms with Crippen LogP contribution in [0.3, 0.4) is 0 Å². The van der Waals surface area contributed by atoms with E-state index in [1.54, 1.807) is 12.1 Å². The summed E-state index contributed by atoms with van der Waals surface area (Å²) in [7, 11) is 1.46. The largest absolute Gasteiger partial charge is 0.496 e. The van der Waals surface area contributed by atoms with E-state index in [1.807, 2.05) is 0 Å². The predicted octanol–water partition coefficient (Wildman–Crippen LogP) is 3.28. The molecule has 0 aliphatic carbocycles. The first-order valence-corrected chi connectivity index (χ1v) is 7.23. The van der Waals surface area contributed by atoms with Gasteiger partial charge in [0.05, 0.1) is 12.7 Å². The topological polar surface area (TPSA) is 29.5 Å². The normalized spacial score (nSPS) is 19.9. The monoisotopic (exact) mass is 279 g/mol. The highest BCUT2D eigenvalue weighted by molar-refractivity contribution is 5.99. The fraction of sp³-hybridized carbons (Fsp3) is 0.562. The molecule has 1 aliphatic heterocycles. The van der Waals surface area contributed by atoms with Crippen molar-refractivity contribution in [3.8, 4) is 5.75 Å². The lowest BCUT2D eigenvalue weighted by molar-refractivity contribution is 0.0928. The molecule has 0 bridgehead atoms. The fourth-order valence-electron chi connectivity index (χ4n) is 2.81. The molecule has 0 radical (unpaired) electrons. The molecule has 1 unspecified atom stereocenters. The maximum Gasteiger partial charge on any atom is 0.170 e.